The summed E-state index contributed by atoms with van der Waals surface area (Å²) in [6.45, 7) is 1.58. The molecule has 16 heavy (non-hydrogen) atoms. The maximum absolute atomic E-state index is 11.1. The van der Waals surface area contributed by atoms with Crippen LogP contribution in [0.1, 0.15) is 12.6 Å². The number of ketones is 1. The lowest BCUT2D eigenvalue weighted by Gasteiger charge is -2.07. The molecule has 2 rings (SSSR count). The minimum absolute atomic E-state index is 0.136. The van der Waals surface area contributed by atoms with Gasteiger partial charge in [-0.15, -0.1) is 0 Å². The zero-order valence-corrected chi connectivity index (χ0v) is 10.4. The van der Waals surface area contributed by atoms with Gasteiger partial charge in [-0.25, -0.2) is 4.98 Å². The van der Waals surface area contributed by atoms with Gasteiger partial charge < -0.3 is 4.57 Å². The highest BCUT2D eigenvalue weighted by Crippen LogP contribution is 2.17. The molecule has 0 N–H and O–H groups in total. The van der Waals surface area contributed by atoms with E-state index in [4.69, 9.17) is 0 Å². The van der Waals surface area contributed by atoms with Gasteiger partial charge in [-0.2, -0.15) is 0 Å². The number of carbonyl (C=O) groups is 1. The van der Waals surface area contributed by atoms with Gasteiger partial charge in [-0.05, 0) is 25.1 Å². The first-order valence-corrected chi connectivity index (χ1v) is 5.73. The van der Waals surface area contributed by atoms with Gasteiger partial charge in [0.15, 0.2) is 0 Å². The summed E-state index contributed by atoms with van der Waals surface area (Å²) in [4.78, 5) is 15.2. The molecule has 0 amide bonds. The van der Waals surface area contributed by atoms with Crippen LogP contribution in [0.2, 0.25) is 0 Å². The fourth-order valence-corrected chi connectivity index (χ4v) is 1.95. The van der Waals surface area contributed by atoms with Crippen molar-refractivity contribution in [3.63, 3.8) is 0 Å². The predicted molar refractivity (Wildman–Crippen MR) is 65.6 cm³/mol. The van der Waals surface area contributed by atoms with E-state index in [-0.39, 0.29) is 5.78 Å². The summed E-state index contributed by atoms with van der Waals surface area (Å²) in [6, 6.07) is 7.89. The van der Waals surface area contributed by atoms with Crippen LogP contribution in [0.4, 0.5) is 0 Å². The van der Waals surface area contributed by atoms with Gasteiger partial charge in [0.25, 0.3) is 0 Å². The smallest absolute Gasteiger partial charge is 0.135 e. The van der Waals surface area contributed by atoms with Crippen molar-refractivity contribution >= 4 is 21.7 Å². The summed E-state index contributed by atoms with van der Waals surface area (Å²) in [5.74, 6) is 0.136. The van der Waals surface area contributed by atoms with Crippen molar-refractivity contribution in [2.24, 2.45) is 0 Å². The Morgan fingerprint density at radius 2 is 2.31 bits per heavy atom. The lowest BCUT2D eigenvalue weighted by Crippen LogP contribution is -2.03. The molecule has 0 radical (unpaired) electrons. The van der Waals surface area contributed by atoms with Crippen LogP contribution in [-0.4, -0.2) is 15.3 Å². The highest BCUT2D eigenvalue weighted by Gasteiger charge is 2.06. The first kappa shape index (κ1) is 11.1. The maximum Gasteiger partial charge on any atom is 0.135 e. The minimum atomic E-state index is 0.136. The van der Waals surface area contributed by atoms with Gasteiger partial charge >= 0.3 is 0 Å². The van der Waals surface area contributed by atoms with Crippen molar-refractivity contribution in [3.05, 3.63) is 47.0 Å². The molecule has 2 aromatic rings. The van der Waals surface area contributed by atoms with Gasteiger partial charge in [-0.1, -0.05) is 22.0 Å². The first-order chi connectivity index (χ1) is 7.66. The number of imidazole rings is 1. The molecule has 0 spiro atoms. The van der Waals surface area contributed by atoms with Crippen LogP contribution in [0.25, 0.3) is 5.69 Å². The molecule has 1 aromatic heterocycles. The summed E-state index contributed by atoms with van der Waals surface area (Å²) in [7, 11) is 0. The van der Waals surface area contributed by atoms with E-state index in [1.165, 1.54) is 0 Å². The van der Waals surface area contributed by atoms with Crippen LogP contribution in [0.5, 0.6) is 0 Å². The van der Waals surface area contributed by atoms with Crippen molar-refractivity contribution in [1.82, 2.24) is 9.55 Å². The highest BCUT2D eigenvalue weighted by molar-refractivity contribution is 9.10. The van der Waals surface area contributed by atoms with Gasteiger partial charge in [0.05, 0.1) is 6.33 Å². The molecule has 0 saturated heterocycles. The van der Waals surface area contributed by atoms with Gasteiger partial charge in [0.1, 0.15) is 5.78 Å². The van der Waals surface area contributed by atoms with Gasteiger partial charge in [0, 0.05) is 28.5 Å². The average molecular weight is 279 g/mol. The molecule has 0 saturated carbocycles. The Bertz CT molecular complexity index is 519. The van der Waals surface area contributed by atoms with Crippen molar-refractivity contribution in [2.45, 2.75) is 13.3 Å². The zero-order chi connectivity index (χ0) is 11.5. The Kier molecular flexibility index (Phi) is 3.19. The number of hydrogen-bond donors (Lipinski definition) is 0. The molecular formula is C12H11BrN2O. The van der Waals surface area contributed by atoms with Crippen molar-refractivity contribution < 1.29 is 4.79 Å². The molecule has 4 heteroatoms. The van der Waals surface area contributed by atoms with Gasteiger partial charge in [-0.3, -0.25) is 4.79 Å². The summed E-state index contributed by atoms with van der Waals surface area (Å²) in [5.41, 5.74) is 1.91. The van der Waals surface area contributed by atoms with E-state index in [0.29, 0.717) is 6.42 Å². The predicted octanol–water partition coefficient (Wildman–Crippen LogP) is 2.77. The highest BCUT2D eigenvalue weighted by atomic mass is 79.9. The normalized spacial score (nSPS) is 10.4. The summed E-state index contributed by atoms with van der Waals surface area (Å²) >= 11 is 3.42. The second-order valence-electron chi connectivity index (χ2n) is 3.61. The maximum atomic E-state index is 11.1. The number of carbonyl (C=O) groups excluding carboxylic acids is 1. The summed E-state index contributed by atoms with van der Waals surface area (Å²) < 4.78 is 2.93. The van der Waals surface area contributed by atoms with Crippen LogP contribution >= 0.6 is 15.9 Å². The number of hydrogen-bond acceptors (Lipinski definition) is 2. The number of rotatable bonds is 3. The summed E-state index contributed by atoms with van der Waals surface area (Å²) in [5, 5.41) is 0. The van der Waals surface area contributed by atoms with E-state index in [1.807, 2.05) is 28.8 Å². The molecule has 0 aliphatic rings. The number of aromatic nitrogens is 2. The number of Topliss-reactive ketones (excluding diaryl/α,β-unsaturated/α-hetero) is 1. The van der Waals surface area contributed by atoms with E-state index in [2.05, 4.69) is 20.9 Å². The Balaban J connectivity index is 2.40. The summed E-state index contributed by atoms with van der Waals surface area (Å²) in [6.07, 6.45) is 3.86. The van der Waals surface area contributed by atoms with Gasteiger partial charge in [0.2, 0.25) is 0 Å². The molecular weight excluding hydrogens is 268 g/mol. The molecule has 0 unspecified atom stereocenters. The molecule has 0 atom stereocenters. The number of benzene rings is 1. The SMILES string of the molecule is CC(=O)Cc1cncn1-c1cccc(Br)c1. The fraction of sp³-hybridized carbons (Fsp3) is 0.167. The standard InChI is InChI=1S/C12H11BrN2O/c1-9(16)5-12-7-14-8-15(12)11-4-2-3-10(13)6-11/h2-4,6-8H,5H2,1H3. The molecule has 3 nitrogen and oxygen atoms in total. The third-order valence-electron chi connectivity index (χ3n) is 2.23. The van der Waals surface area contributed by atoms with Crippen molar-refractivity contribution in [3.8, 4) is 5.69 Å². The molecule has 1 aromatic carbocycles. The van der Waals surface area contributed by atoms with E-state index in [9.17, 15) is 4.79 Å². The topological polar surface area (TPSA) is 34.9 Å². The quantitative estimate of drug-likeness (QED) is 0.866. The Morgan fingerprint density at radius 3 is 3.00 bits per heavy atom. The van der Waals surface area contributed by atoms with E-state index >= 15 is 0 Å². The largest absolute Gasteiger partial charge is 0.303 e. The Labute approximate surface area is 102 Å². The molecule has 0 bridgehead atoms. The third-order valence-corrected chi connectivity index (χ3v) is 2.72. The minimum Gasteiger partial charge on any atom is -0.303 e. The zero-order valence-electron chi connectivity index (χ0n) is 8.85. The molecule has 0 aliphatic carbocycles. The van der Waals surface area contributed by atoms with Crippen LogP contribution in [0, 0.1) is 0 Å². The molecule has 0 aliphatic heterocycles. The lowest BCUT2D eigenvalue weighted by atomic mass is 10.2. The van der Waals surface area contributed by atoms with E-state index < -0.39 is 0 Å². The lowest BCUT2D eigenvalue weighted by molar-refractivity contribution is -0.116. The van der Waals surface area contributed by atoms with Crippen LogP contribution in [-0.2, 0) is 11.2 Å². The second kappa shape index (κ2) is 4.61. The number of nitrogens with zero attached hydrogens (tertiary/aromatic N) is 2. The van der Waals surface area contributed by atoms with Crippen molar-refractivity contribution in [2.75, 3.05) is 0 Å². The van der Waals surface area contributed by atoms with Crippen LogP contribution in [0.3, 0.4) is 0 Å². The second-order valence-corrected chi connectivity index (χ2v) is 4.53. The Morgan fingerprint density at radius 1 is 1.50 bits per heavy atom. The van der Waals surface area contributed by atoms with Crippen molar-refractivity contribution in [1.29, 1.82) is 0 Å². The van der Waals surface area contributed by atoms with E-state index in [0.717, 1.165) is 15.9 Å². The fourth-order valence-electron chi connectivity index (χ4n) is 1.57. The monoisotopic (exact) mass is 278 g/mol. The number of halogens is 1. The molecule has 1 heterocycles. The van der Waals surface area contributed by atoms with E-state index in [1.54, 1.807) is 19.4 Å². The molecule has 0 fully saturated rings. The van der Waals surface area contributed by atoms with Crippen LogP contribution < -0.4 is 0 Å². The third kappa shape index (κ3) is 2.39. The molecule has 82 valence electrons. The van der Waals surface area contributed by atoms with Crippen LogP contribution in [0.15, 0.2) is 41.3 Å². The average Bonchev–Trinajstić information content (AvgIpc) is 2.65. The first-order valence-electron chi connectivity index (χ1n) is 4.93. The Hall–Kier alpha value is -1.42.